The lowest BCUT2D eigenvalue weighted by Crippen LogP contribution is -2.14. The van der Waals surface area contributed by atoms with Crippen molar-refractivity contribution in [2.24, 2.45) is 5.14 Å². The van der Waals surface area contributed by atoms with Gasteiger partial charge in [0.1, 0.15) is 5.82 Å². The van der Waals surface area contributed by atoms with Gasteiger partial charge in [0.05, 0.1) is 4.90 Å². The quantitative estimate of drug-likeness (QED) is 0.451. The molecule has 4 N–H and O–H groups in total. The number of hydrogen-bond donors (Lipinski definition) is 3. The van der Waals surface area contributed by atoms with Crippen LogP contribution in [0.5, 0.6) is 0 Å². The third-order valence-corrected chi connectivity index (χ3v) is 6.05. The van der Waals surface area contributed by atoms with Gasteiger partial charge < -0.3 is 15.2 Å². The molecule has 0 aliphatic carbocycles. The minimum absolute atomic E-state index is 0.0657. The molecule has 0 saturated heterocycles. The Morgan fingerprint density at radius 2 is 1.87 bits per heavy atom. The van der Waals surface area contributed by atoms with Crippen LogP contribution in [0.3, 0.4) is 0 Å². The molecular formula is C21H22N6O2S. The SMILES string of the molecule is Cc1ccc(Nc2nccc(N(C)c3ccc4[nH]cc(C)c4c3)n2)cc1S(N)(=O)=O. The van der Waals surface area contributed by atoms with Gasteiger partial charge in [-0.25, -0.2) is 18.5 Å². The predicted molar refractivity (Wildman–Crippen MR) is 119 cm³/mol. The summed E-state index contributed by atoms with van der Waals surface area (Å²) in [5.74, 6) is 1.04. The normalized spacial score (nSPS) is 11.6. The van der Waals surface area contributed by atoms with Gasteiger partial charge in [0, 0.05) is 41.7 Å². The highest BCUT2D eigenvalue weighted by molar-refractivity contribution is 7.89. The van der Waals surface area contributed by atoms with E-state index >= 15 is 0 Å². The van der Waals surface area contributed by atoms with E-state index in [1.54, 1.807) is 25.3 Å². The van der Waals surface area contributed by atoms with E-state index in [0.717, 1.165) is 16.6 Å². The number of nitrogens with zero attached hydrogens (tertiary/aromatic N) is 3. The Kier molecular flexibility index (Phi) is 4.92. The van der Waals surface area contributed by atoms with E-state index in [9.17, 15) is 8.42 Å². The second-order valence-corrected chi connectivity index (χ2v) is 8.68. The van der Waals surface area contributed by atoms with Crippen LogP contribution in [0.2, 0.25) is 0 Å². The first kappa shape index (κ1) is 19.9. The number of aryl methyl sites for hydroxylation is 2. The van der Waals surface area contributed by atoms with Gasteiger partial charge in [-0.3, -0.25) is 0 Å². The molecule has 0 unspecified atom stereocenters. The van der Waals surface area contributed by atoms with Crippen molar-refractivity contribution in [1.82, 2.24) is 15.0 Å². The van der Waals surface area contributed by atoms with Crippen LogP contribution < -0.4 is 15.4 Å². The summed E-state index contributed by atoms with van der Waals surface area (Å²) in [4.78, 5) is 14.1. The fourth-order valence-corrected chi connectivity index (χ4v) is 4.11. The van der Waals surface area contributed by atoms with Gasteiger partial charge >= 0.3 is 0 Å². The zero-order valence-corrected chi connectivity index (χ0v) is 17.7. The van der Waals surface area contributed by atoms with E-state index in [4.69, 9.17) is 5.14 Å². The molecule has 0 aliphatic heterocycles. The van der Waals surface area contributed by atoms with Crippen molar-refractivity contribution in [2.45, 2.75) is 18.7 Å². The van der Waals surface area contributed by atoms with E-state index in [2.05, 4.69) is 33.3 Å². The molecule has 2 aromatic heterocycles. The molecule has 0 spiro atoms. The van der Waals surface area contributed by atoms with Crippen LogP contribution in [0.25, 0.3) is 10.9 Å². The molecule has 8 nitrogen and oxygen atoms in total. The smallest absolute Gasteiger partial charge is 0.238 e. The van der Waals surface area contributed by atoms with Crippen LogP contribution >= 0.6 is 0 Å². The van der Waals surface area contributed by atoms with Crippen LogP contribution in [0.4, 0.5) is 23.1 Å². The van der Waals surface area contributed by atoms with E-state index in [0.29, 0.717) is 23.0 Å². The van der Waals surface area contributed by atoms with Gasteiger partial charge in [0.25, 0.3) is 0 Å². The Morgan fingerprint density at radius 1 is 1.07 bits per heavy atom. The first-order valence-electron chi connectivity index (χ1n) is 9.27. The van der Waals surface area contributed by atoms with Crippen molar-refractivity contribution in [3.05, 3.63) is 66.0 Å². The molecule has 0 bridgehead atoms. The molecule has 4 aromatic rings. The van der Waals surface area contributed by atoms with E-state index in [1.807, 2.05) is 36.3 Å². The zero-order valence-electron chi connectivity index (χ0n) is 16.8. The number of anilines is 4. The number of aromatic nitrogens is 3. The molecule has 4 rings (SSSR count). The number of sulfonamides is 1. The summed E-state index contributed by atoms with van der Waals surface area (Å²) >= 11 is 0. The first-order valence-corrected chi connectivity index (χ1v) is 10.8. The number of rotatable bonds is 5. The summed E-state index contributed by atoms with van der Waals surface area (Å²) in [5.41, 5.74) is 4.36. The van der Waals surface area contributed by atoms with Gasteiger partial charge in [-0.05, 0) is 61.4 Å². The summed E-state index contributed by atoms with van der Waals surface area (Å²) in [6.45, 7) is 3.76. The fourth-order valence-electron chi connectivity index (χ4n) is 3.30. The van der Waals surface area contributed by atoms with Gasteiger partial charge in [-0.2, -0.15) is 4.98 Å². The number of aromatic amines is 1. The molecule has 0 amide bonds. The Hall–Kier alpha value is -3.43. The lowest BCUT2D eigenvalue weighted by atomic mass is 10.1. The topological polar surface area (TPSA) is 117 Å². The molecule has 0 fully saturated rings. The molecule has 9 heteroatoms. The Morgan fingerprint density at radius 3 is 2.63 bits per heavy atom. The maximum absolute atomic E-state index is 11.8. The second kappa shape index (κ2) is 7.43. The molecule has 30 heavy (non-hydrogen) atoms. The zero-order chi connectivity index (χ0) is 21.5. The van der Waals surface area contributed by atoms with Gasteiger partial charge in [-0.15, -0.1) is 0 Å². The van der Waals surface area contributed by atoms with Crippen LogP contribution in [0, 0.1) is 13.8 Å². The molecule has 2 heterocycles. The van der Waals surface area contributed by atoms with Crippen molar-refractivity contribution in [3.63, 3.8) is 0 Å². The number of primary sulfonamides is 1. The first-order chi connectivity index (χ1) is 14.2. The van der Waals surface area contributed by atoms with Gasteiger partial charge in [0.15, 0.2) is 0 Å². The third-order valence-electron chi connectivity index (χ3n) is 4.99. The highest BCUT2D eigenvalue weighted by Gasteiger charge is 2.13. The highest BCUT2D eigenvalue weighted by atomic mass is 32.2. The molecule has 0 radical (unpaired) electrons. The number of fused-ring (bicyclic) bond motifs is 1. The van der Waals surface area contributed by atoms with Crippen molar-refractivity contribution < 1.29 is 8.42 Å². The molecule has 154 valence electrons. The van der Waals surface area contributed by atoms with Crippen LogP contribution in [-0.2, 0) is 10.0 Å². The molecular weight excluding hydrogens is 400 g/mol. The average Bonchev–Trinajstić information content (AvgIpc) is 3.08. The van der Waals surface area contributed by atoms with Crippen molar-refractivity contribution >= 4 is 44.1 Å². The molecule has 0 saturated carbocycles. The highest BCUT2D eigenvalue weighted by Crippen LogP contribution is 2.28. The maximum atomic E-state index is 11.8. The van der Waals surface area contributed by atoms with Crippen LogP contribution in [0.1, 0.15) is 11.1 Å². The molecule has 0 atom stereocenters. The lowest BCUT2D eigenvalue weighted by Gasteiger charge is -2.19. The van der Waals surface area contributed by atoms with E-state index in [-0.39, 0.29) is 4.90 Å². The predicted octanol–water partition coefficient (Wildman–Crippen LogP) is 3.73. The summed E-state index contributed by atoms with van der Waals surface area (Å²) in [6.07, 6.45) is 3.63. The van der Waals surface area contributed by atoms with Gasteiger partial charge in [0.2, 0.25) is 16.0 Å². The number of nitrogens with two attached hydrogens (primary N) is 1. The Bertz CT molecular complexity index is 1350. The third kappa shape index (κ3) is 3.85. The van der Waals surface area contributed by atoms with Crippen molar-refractivity contribution in [3.8, 4) is 0 Å². The summed E-state index contributed by atoms with van der Waals surface area (Å²) < 4.78 is 23.5. The largest absolute Gasteiger partial charge is 0.361 e. The number of nitrogens with one attached hydrogen (secondary N) is 2. The lowest BCUT2D eigenvalue weighted by molar-refractivity contribution is 0.597. The minimum Gasteiger partial charge on any atom is -0.361 e. The minimum atomic E-state index is -3.81. The summed E-state index contributed by atoms with van der Waals surface area (Å²) in [5, 5.41) is 9.50. The second-order valence-electron chi connectivity index (χ2n) is 7.15. The number of H-pyrrole nitrogens is 1. The van der Waals surface area contributed by atoms with E-state index in [1.165, 1.54) is 11.6 Å². The number of benzene rings is 2. The Balaban J connectivity index is 1.63. The summed E-state index contributed by atoms with van der Waals surface area (Å²) in [7, 11) is -1.88. The Labute approximate surface area is 174 Å². The average molecular weight is 423 g/mol. The van der Waals surface area contributed by atoms with Crippen molar-refractivity contribution in [1.29, 1.82) is 0 Å². The standard InChI is InChI=1S/C21H22N6O2S/c1-13-4-5-15(10-19(13)30(22,28)29)25-21-23-9-8-20(26-21)27(3)16-6-7-18-17(11-16)14(2)12-24-18/h4-12,24H,1-3H3,(H2,22,28,29)(H,23,25,26). The van der Waals surface area contributed by atoms with Crippen molar-refractivity contribution in [2.75, 3.05) is 17.3 Å². The fraction of sp³-hybridized carbons (Fsp3) is 0.143. The number of hydrogen-bond acceptors (Lipinski definition) is 6. The van der Waals surface area contributed by atoms with Crippen LogP contribution in [-0.4, -0.2) is 30.4 Å². The summed E-state index contributed by atoms with van der Waals surface area (Å²) in [6, 6.07) is 12.9. The van der Waals surface area contributed by atoms with Gasteiger partial charge in [-0.1, -0.05) is 6.07 Å². The molecule has 2 aromatic carbocycles. The molecule has 0 aliphatic rings. The monoisotopic (exact) mass is 422 g/mol. The van der Waals surface area contributed by atoms with Crippen LogP contribution in [0.15, 0.2) is 59.8 Å². The van der Waals surface area contributed by atoms with E-state index < -0.39 is 10.0 Å². The maximum Gasteiger partial charge on any atom is 0.238 e.